The van der Waals surface area contributed by atoms with E-state index in [-0.39, 0.29) is 6.42 Å². The number of para-hydroxylation sites is 1. The summed E-state index contributed by atoms with van der Waals surface area (Å²) in [4.78, 5) is 16.9. The number of methoxy groups -OCH3 is 1. The zero-order valence-corrected chi connectivity index (χ0v) is 13.7. The van der Waals surface area contributed by atoms with Gasteiger partial charge in [0.1, 0.15) is 18.1 Å². The number of carboxylic acids is 1. The van der Waals surface area contributed by atoms with Crippen LogP contribution in [-0.4, -0.2) is 30.5 Å². The van der Waals surface area contributed by atoms with Gasteiger partial charge in [0.15, 0.2) is 0 Å². The van der Waals surface area contributed by atoms with Crippen molar-refractivity contribution in [2.24, 2.45) is 5.16 Å². The molecule has 122 valence electrons. The second-order valence-electron chi connectivity index (χ2n) is 4.80. The predicted molar refractivity (Wildman–Crippen MR) is 90.4 cm³/mol. The molecule has 23 heavy (non-hydrogen) atoms. The lowest BCUT2D eigenvalue weighted by atomic mass is 10.1. The van der Waals surface area contributed by atoms with Gasteiger partial charge in [-0.15, -0.1) is 11.3 Å². The molecule has 0 fully saturated rings. The molecule has 0 radical (unpaired) electrons. The van der Waals surface area contributed by atoms with E-state index < -0.39 is 5.97 Å². The number of nitrogens with zero attached hydrogens (tertiary/aromatic N) is 1. The fourth-order valence-electron chi connectivity index (χ4n) is 2.03. The summed E-state index contributed by atoms with van der Waals surface area (Å²) >= 11 is 1.57. The van der Waals surface area contributed by atoms with E-state index >= 15 is 0 Å². The molecule has 1 aromatic carbocycles. The van der Waals surface area contributed by atoms with Crippen molar-refractivity contribution in [1.82, 2.24) is 0 Å². The summed E-state index contributed by atoms with van der Waals surface area (Å²) in [6, 6.07) is 11.6. The Balaban J connectivity index is 2.09. The van der Waals surface area contributed by atoms with Crippen LogP contribution in [0.25, 0.3) is 0 Å². The molecular formula is C17H19NO4S. The largest absolute Gasteiger partial charge is 0.496 e. The third kappa shape index (κ3) is 5.10. The van der Waals surface area contributed by atoms with E-state index in [1.165, 1.54) is 0 Å². The standard InChI is InChI=1S/C17H19NO4S/c1-21-14-8-3-2-7-13(14)17(15-9-6-12-23-15)18-22-11-5-4-10-16(19)20/h2-3,6-9,12H,4-5,10-11H2,1H3,(H,19,20)/b18-17-. The molecule has 0 aliphatic heterocycles. The molecule has 0 saturated carbocycles. The minimum absolute atomic E-state index is 0.150. The van der Waals surface area contributed by atoms with Crippen molar-refractivity contribution in [3.63, 3.8) is 0 Å². The molecule has 6 heteroatoms. The van der Waals surface area contributed by atoms with E-state index in [1.807, 2.05) is 41.8 Å². The van der Waals surface area contributed by atoms with E-state index in [1.54, 1.807) is 18.4 Å². The van der Waals surface area contributed by atoms with Gasteiger partial charge in [-0.2, -0.15) is 0 Å². The number of thiophene rings is 1. The molecular weight excluding hydrogens is 314 g/mol. The number of hydrogen-bond donors (Lipinski definition) is 1. The maximum absolute atomic E-state index is 10.5. The average molecular weight is 333 g/mol. The normalized spacial score (nSPS) is 11.3. The summed E-state index contributed by atoms with van der Waals surface area (Å²) in [6.07, 6.45) is 1.38. The lowest BCUT2D eigenvalue weighted by Crippen LogP contribution is -2.05. The van der Waals surface area contributed by atoms with Gasteiger partial charge in [-0.05, 0) is 36.4 Å². The van der Waals surface area contributed by atoms with Crippen LogP contribution in [0, 0.1) is 0 Å². The van der Waals surface area contributed by atoms with E-state index in [0.717, 1.165) is 21.9 Å². The van der Waals surface area contributed by atoms with Crippen molar-refractivity contribution in [3.8, 4) is 5.75 Å². The maximum Gasteiger partial charge on any atom is 0.303 e. The molecule has 2 aromatic rings. The fraction of sp³-hybridized carbons (Fsp3) is 0.294. The van der Waals surface area contributed by atoms with Crippen LogP contribution in [-0.2, 0) is 9.63 Å². The Morgan fingerprint density at radius 3 is 2.74 bits per heavy atom. The Bertz CT molecular complexity index is 652. The number of ether oxygens (including phenoxy) is 1. The molecule has 5 nitrogen and oxygen atoms in total. The molecule has 1 heterocycles. The second-order valence-corrected chi connectivity index (χ2v) is 5.75. The minimum Gasteiger partial charge on any atom is -0.496 e. The Morgan fingerprint density at radius 1 is 1.22 bits per heavy atom. The van der Waals surface area contributed by atoms with Gasteiger partial charge in [0.2, 0.25) is 0 Å². The highest BCUT2D eigenvalue weighted by atomic mass is 32.1. The summed E-state index contributed by atoms with van der Waals surface area (Å²) in [5, 5.41) is 14.8. The molecule has 0 aliphatic carbocycles. The van der Waals surface area contributed by atoms with E-state index in [0.29, 0.717) is 19.4 Å². The molecule has 0 aliphatic rings. The average Bonchev–Trinajstić information content (AvgIpc) is 3.08. The third-order valence-corrected chi connectivity index (χ3v) is 4.03. The molecule has 1 N–H and O–H groups in total. The van der Waals surface area contributed by atoms with Crippen molar-refractivity contribution in [2.75, 3.05) is 13.7 Å². The fourth-order valence-corrected chi connectivity index (χ4v) is 2.75. The van der Waals surface area contributed by atoms with Crippen LogP contribution in [0.3, 0.4) is 0 Å². The molecule has 0 atom stereocenters. The molecule has 0 spiro atoms. The summed E-state index contributed by atoms with van der Waals surface area (Å²) in [6.45, 7) is 0.386. The number of benzene rings is 1. The van der Waals surface area contributed by atoms with Crippen LogP contribution in [0.1, 0.15) is 29.7 Å². The summed E-state index contributed by atoms with van der Waals surface area (Å²) < 4.78 is 5.40. The van der Waals surface area contributed by atoms with Gasteiger partial charge in [-0.3, -0.25) is 4.79 Å². The van der Waals surface area contributed by atoms with Crippen LogP contribution >= 0.6 is 11.3 Å². The van der Waals surface area contributed by atoms with E-state index in [4.69, 9.17) is 14.7 Å². The highest BCUT2D eigenvalue weighted by molar-refractivity contribution is 7.12. The lowest BCUT2D eigenvalue weighted by Gasteiger charge is -2.10. The van der Waals surface area contributed by atoms with Crippen LogP contribution in [0.5, 0.6) is 5.75 Å². The quantitative estimate of drug-likeness (QED) is 0.431. The topological polar surface area (TPSA) is 68.1 Å². The molecule has 0 saturated heterocycles. The van der Waals surface area contributed by atoms with Gasteiger partial charge in [-0.25, -0.2) is 0 Å². The summed E-state index contributed by atoms with van der Waals surface area (Å²) in [5.74, 6) is -0.0593. The highest BCUT2D eigenvalue weighted by Gasteiger charge is 2.14. The van der Waals surface area contributed by atoms with Crippen LogP contribution in [0.15, 0.2) is 46.9 Å². The molecule has 1 aromatic heterocycles. The lowest BCUT2D eigenvalue weighted by molar-refractivity contribution is -0.137. The first-order chi connectivity index (χ1) is 11.2. The number of rotatable bonds is 9. The monoisotopic (exact) mass is 333 g/mol. The minimum atomic E-state index is -0.790. The predicted octanol–water partition coefficient (Wildman–Crippen LogP) is 3.78. The Morgan fingerprint density at radius 2 is 2.04 bits per heavy atom. The first-order valence-electron chi connectivity index (χ1n) is 7.31. The van der Waals surface area contributed by atoms with Gasteiger partial charge in [0, 0.05) is 12.0 Å². The zero-order chi connectivity index (χ0) is 16.5. The maximum atomic E-state index is 10.5. The number of oxime groups is 1. The number of hydrogen-bond acceptors (Lipinski definition) is 5. The van der Waals surface area contributed by atoms with E-state index in [9.17, 15) is 4.79 Å². The van der Waals surface area contributed by atoms with Gasteiger partial charge < -0.3 is 14.7 Å². The third-order valence-electron chi connectivity index (χ3n) is 3.15. The Hall–Kier alpha value is -2.34. The van der Waals surface area contributed by atoms with Crippen molar-refractivity contribution in [2.45, 2.75) is 19.3 Å². The van der Waals surface area contributed by atoms with Crippen molar-refractivity contribution in [1.29, 1.82) is 0 Å². The number of aliphatic carboxylic acids is 1. The van der Waals surface area contributed by atoms with Gasteiger partial charge in [0.25, 0.3) is 0 Å². The summed E-state index contributed by atoms with van der Waals surface area (Å²) in [5.41, 5.74) is 1.58. The second kappa shape index (κ2) is 8.95. The Labute approximate surface area is 139 Å². The molecule has 0 unspecified atom stereocenters. The van der Waals surface area contributed by atoms with Crippen molar-refractivity contribution >= 4 is 23.0 Å². The van der Waals surface area contributed by atoms with Crippen LogP contribution in [0.2, 0.25) is 0 Å². The first-order valence-corrected chi connectivity index (χ1v) is 8.19. The molecule has 2 rings (SSSR count). The number of carboxylic acid groups (broad SMARTS) is 1. The SMILES string of the molecule is COc1ccccc1/C(=N/OCCCCC(=O)O)c1cccs1. The number of unbranched alkanes of at least 4 members (excludes halogenated alkanes) is 1. The van der Waals surface area contributed by atoms with Crippen molar-refractivity contribution in [3.05, 3.63) is 52.2 Å². The van der Waals surface area contributed by atoms with Gasteiger partial charge in [-0.1, -0.05) is 23.4 Å². The zero-order valence-electron chi connectivity index (χ0n) is 12.9. The highest BCUT2D eigenvalue weighted by Crippen LogP contribution is 2.24. The number of carbonyl (C=O) groups is 1. The van der Waals surface area contributed by atoms with Crippen LogP contribution in [0.4, 0.5) is 0 Å². The van der Waals surface area contributed by atoms with Gasteiger partial charge >= 0.3 is 5.97 Å². The Kier molecular flexibility index (Phi) is 6.62. The smallest absolute Gasteiger partial charge is 0.303 e. The van der Waals surface area contributed by atoms with Gasteiger partial charge in [0.05, 0.1) is 12.0 Å². The van der Waals surface area contributed by atoms with E-state index in [2.05, 4.69) is 5.16 Å². The van der Waals surface area contributed by atoms with Crippen molar-refractivity contribution < 1.29 is 19.5 Å². The molecule has 0 bridgehead atoms. The first kappa shape index (κ1) is 17.0. The molecule has 0 amide bonds. The van der Waals surface area contributed by atoms with Crippen LogP contribution < -0.4 is 4.74 Å². The summed E-state index contributed by atoms with van der Waals surface area (Å²) in [7, 11) is 1.62.